The van der Waals surface area contributed by atoms with E-state index in [1.807, 2.05) is 46.8 Å². The predicted octanol–water partition coefficient (Wildman–Crippen LogP) is 2.92. The average Bonchev–Trinajstić information content (AvgIpc) is 3.40. The van der Waals surface area contributed by atoms with Gasteiger partial charge in [-0.25, -0.2) is 0 Å². The molecule has 38 heavy (non-hydrogen) atoms. The first-order valence-electron chi connectivity index (χ1n) is 12.7. The van der Waals surface area contributed by atoms with Crippen LogP contribution in [0.15, 0.2) is 53.5 Å². The van der Waals surface area contributed by atoms with Gasteiger partial charge in [0, 0.05) is 56.0 Å². The molecule has 0 unspecified atom stereocenters. The van der Waals surface area contributed by atoms with E-state index in [-0.39, 0.29) is 23.7 Å². The van der Waals surface area contributed by atoms with Crippen molar-refractivity contribution < 1.29 is 19.1 Å². The molecule has 1 amide bonds. The summed E-state index contributed by atoms with van der Waals surface area (Å²) in [6.07, 6.45) is 3.61. The average molecular weight is 516 g/mol. The lowest BCUT2D eigenvalue weighted by Gasteiger charge is -2.36. The van der Waals surface area contributed by atoms with E-state index in [1.54, 1.807) is 6.20 Å². The van der Waals surface area contributed by atoms with Crippen molar-refractivity contribution in [3.05, 3.63) is 70.1 Å². The number of benzene rings is 2. The molecule has 0 radical (unpaired) electrons. The number of hydrogen-bond donors (Lipinski definition) is 1. The monoisotopic (exact) mass is 515 g/mol. The second-order valence-electron chi connectivity index (χ2n) is 9.56. The zero-order chi connectivity index (χ0) is 26.6. The molecule has 2 aromatic heterocycles. The molecule has 2 aliphatic heterocycles. The lowest BCUT2D eigenvalue weighted by molar-refractivity contribution is -0.191. The highest BCUT2D eigenvalue weighted by Gasteiger charge is 2.26. The van der Waals surface area contributed by atoms with Crippen molar-refractivity contribution in [2.24, 2.45) is 0 Å². The van der Waals surface area contributed by atoms with Gasteiger partial charge in [0.1, 0.15) is 0 Å². The van der Waals surface area contributed by atoms with Gasteiger partial charge in [-0.2, -0.15) is 14.7 Å². The van der Waals surface area contributed by atoms with Crippen LogP contribution in [-0.2, 0) is 14.3 Å². The van der Waals surface area contributed by atoms with Crippen LogP contribution >= 0.6 is 0 Å². The van der Waals surface area contributed by atoms with Crippen molar-refractivity contribution in [2.75, 3.05) is 44.3 Å². The third-order valence-corrected chi connectivity index (χ3v) is 7.36. The van der Waals surface area contributed by atoms with E-state index in [1.165, 1.54) is 5.69 Å². The Morgan fingerprint density at radius 3 is 2.39 bits per heavy atom. The van der Waals surface area contributed by atoms with Crippen LogP contribution in [-0.4, -0.2) is 71.1 Å². The van der Waals surface area contributed by atoms with Gasteiger partial charge in [-0.05, 0) is 49.6 Å². The highest BCUT2D eigenvalue weighted by atomic mass is 16.5. The Morgan fingerprint density at radius 1 is 1.03 bits per heavy atom. The number of aromatic amines is 1. The minimum atomic E-state index is -0.152. The van der Waals surface area contributed by atoms with Crippen molar-refractivity contribution >= 4 is 39.6 Å². The first kappa shape index (κ1) is 25.4. The maximum absolute atomic E-state index is 13.6. The standard InChI is InChI=1S/C27H29N5O3.CO2/c1-18-15-24-22(25-23(26(33)29-24)17-28-32(25)20-7-13-35-14-8-20)16-21(18)27(34)31-11-9-30(10-12-31)19-5-3-2-4-6-19;2-1-3/h2-6,15-17,20H,7-14H2,1H3,(H,29,33);. The van der Waals surface area contributed by atoms with Crippen LogP contribution in [0.3, 0.4) is 0 Å². The molecule has 0 bridgehead atoms. The summed E-state index contributed by atoms with van der Waals surface area (Å²) in [4.78, 5) is 49.9. The van der Waals surface area contributed by atoms with Crippen molar-refractivity contribution in [3.63, 3.8) is 0 Å². The van der Waals surface area contributed by atoms with E-state index in [0.717, 1.165) is 47.9 Å². The number of carbonyl (C=O) groups excluding carboxylic acids is 3. The number of anilines is 1. The maximum Gasteiger partial charge on any atom is 0.373 e. The molecule has 4 heterocycles. The Bertz CT molecular complexity index is 1540. The van der Waals surface area contributed by atoms with Crippen molar-refractivity contribution in [2.45, 2.75) is 25.8 Å². The fourth-order valence-electron chi connectivity index (χ4n) is 5.41. The highest BCUT2D eigenvalue weighted by Crippen LogP contribution is 2.30. The smallest absolute Gasteiger partial charge is 0.373 e. The number of aromatic nitrogens is 3. The summed E-state index contributed by atoms with van der Waals surface area (Å²) in [5.74, 6) is 0.0357. The lowest BCUT2D eigenvalue weighted by atomic mass is 10.0. The molecule has 2 aliphatic rings. The minimum Gasteiger partial charge on any atom is -0.381 e. The Kier molecular flexibility index (Phi) is 7.35. The van der Waals surface area contributed by atoms with Gasteiger partial charge in [-0.3, -0.25) is 14.3 Å². The van der Waals surface area contributed by atoms with E-state index in [0.29, 0.717) is 37.3 Å². The number of para-hydroxylation sites is 1. The number of aryl methyl sites for hydroxylation is 1. The molecule has 196 valence electrons. The van der Waals surface area contributed by atoms with Crippen LogP contribution < -0.4 is 10.5 Å². The quantitative estimate of drug-likeness (QED) is 0.446. The first-order valence-corrected chi connectivity index (χ1v) is 12.7. The van der Waals surface area contributed by atoms with Gasteiger partial charge >= 0.3 is 6.15 Å². The molecule has 0 atom stereocenters. The summed E-state index contributed by atoms with van der Waals surface area (Å²) in [7, 11) is 0. The van der Waals surface area contributed by atoms with Gasteiger partial charge < -0.3 is 19.5 Å². The molecule has 0 aliphatic carbocycles. The van der Waals surface area contributed by atoms with Gasteiger partial charge in [0.2, 0.25) is 0 Å². The van der Waals surface area contributed by atoms with E-state index < -0.39 is 0 Å². The Labute approximate surface area is 218 Å². The molecule has 10 heteroatoms. The van der Waals surface area contributed by atoms with E-state index in [2.05, 4.69) is 27.1 Å². The Balaban J connectivity index is 0.000000937. The molecular formula is C28H29N5O5. The van der Waals surface area contributed by atoms with E-state index in [4.69, 9.17) is 14.3 Å². The summed E-state index contributed by atoms with van der Waals surface area (Å²) in [6.45, 7) is 6.26. The lowest BCUT2D eigenvalue weighted by Crippen LogP contribution is -2.48. The highest BCUT2D eigenvalue weighted by molar-refractivity contribution is 6.07. The summed E-state index contributed by atoms with van der Waals surface area (Å²) in [5.41, 5.74) is 4.12. The molecule has 0 spiro atoms. The number of nitrogens with zero attached hydrogens (tertiary/aromatic N) is 4. The number of carbonyl (C=O) groups is 1. The molecule has 4 aromatic rings. The summed E-state index contributed by atoms with van der Waals surface area (Å²) in [6, 6.07) is 14.4. The third-order valence-electron chi connectivity index (χ3n) is 7.36. The maximum atomic E-state index is 13.6. The fraction of sp³-hybridized carbons (Fsp3) is 0.357. The number of H-pyrrole nitrogens is 1. The van der Waals surface area contributed by atoms with E-state index in [9.17, 15) is 9.59 Å². The second-order valence-corrected chi connectivity index (χ2v) is 9.56. The van der Waals surface area contributed by atoms with Crippen molar-refractivity contribution in [1.29, 1.82) is 0 Å². The van der Waals surface area contributed by atoms with Crippen LogP contribution in [0.2, 0.25) is 0 Å². The number of pyridine rings is 1. The number of fused-ring (bicyclic) bond motifs is 3. The van der Waals surface area contributed by atoms with Crippen molar-refractivity contribution in [1.82, 2.24) is 19.7 Å². The van der Waals surface area contributed by atoms with Crippen molar-refractivity contribution in [3.8, 4) is 0 Å². The van der Waals surface area contributed by atoms with Crippen LogP contribution in [0.1, 0.15) is 34.8 Å². The summed E-state index contributed by atoms with van der Waals surface area (Å²) in [5, 5.41) is 6.01. The Hall–Kier alpha value is -4.27. The third kappa shape index (κ3) is 4.83. The van der Waals surface area contributed by atoms with Gasteiger partial charge in [0.15, 0.2) is 0 Å². The van der Waals surface area contributed by atoms with E-state index >= 15 is 0 Å². The number of rotatable bonds is 3. The molecule has 2 fully saturated rings. The number of ether oxygens (including phenoxy) is 1. The van der Waals surface area contributed by atoms with Crippen LogP contribution in [0.25, 0.3) is 21.8 Å². The normalized spacial score (nSPS) is 16.2. The number of nitrogens with one attached hydrogen (secondary N) is 1. The fourth-order valence-corrected chi connectivity index (χ4v) is 5.41. The molecule has 2 aromatic carbocycles. The second kappa shape index (κ2) is 11.0. The summed E-state index contributed by atoms with van der Waals surface area (Å²) >= 11 is 0. The first-order chi connectivity index (χ1) is 18.5. The molecule has 2 saturated heterocycles. The topological polar surface area (TPSA) is 118 Å². The molecule has 6 rings (SSSR count). The number of hydrogen-bond acceptors (Lipinski definition) is 7. The van der Waals surface area contributed by atoms with Gasteiger partial charge in [0.05, 0.1) is 28.7 Å². The summed E-state index contributed by atoms with van der Waals surface area (Å²) < 4.78 is 7.50. The number of piperazine rings is 1. The molecule has 10 nitrogen and oxygen atoms in total. The predicted molar refractivity (Wildman–Crippen MR) is 141 cm³/mol. The Morgan fingerprint density at radius 2 is 1.71 bits per heavy atom. The number of amides is 1. The zero-order valence-corrected chi connectivity index (χ0v) is 21.2. The molecule has 0 saturated carbocycles. The molecule has 1 N–H and O–H groups in total. The van der Waals surface area contributed by atoms with Crippen LogP contribution in [0.5, 0.6) is 0 Å². The van der Waals surface area contributed by atoms with Crippen LogP contribution in [0, 0.1) is 6.92 Å². The SMILES string of the molecule is Cc1cc2[nH]c(=O)c3cnn(C4CCOCC4)c3c2cc1C(=O)N1CCN(c2ccccc2)CC1.O=C=O. The minimum absolute atomic E-state index is 0.0357. The van der Waals surface area contributed by atoms with Gasteiger partial charge in [-0.15, -0.1) is 0 Å². The van der Waals surface area contributed by atoms with Gasteiger partial charge in [-0.1, -0.05) is 18.2 Å². The zero-order valence-electron chi connectivity index (χ0n) is 21.2. The largest absolute Gasteiger partial charge is 0.381 e. The van der Waals surface area contributed by atoms with Gasteiger partial charge in [0.25, 0.3) is 11.5 Å². The van der Waals surface area contributed by atoms with Crippen LogP contribution in [0.4, 0.5) is 5.69 Å². The molecular weight excluding hydrogens is 486 g/mol.